The number of rotatable bonds is 9. The van der Waals surface area contributed by atoms with Crippen LogP contribution >= 0.6 is 0 Å². The molecular formula is C29H40N4O3. The zero-order valence-corrected chi connectivity index (χ0v) is 21.7. The van der Waals surface area contributed by atoms with Gasteiger partial charge in [-0.2, -0.15) is 0 Å². The molecule has 2 N–H and O–H groups in total. The summed E-state index contributed by atoms with van der Waals surface area (Å²) >= 11 is 0. The van der Waals surface area contributed by atoms with Crippen molar-refractivity contribution >= 4 is 11.8 Å². The van der Waals surface area contributed by atoms with Crippen molar-refractivity contribution in [1.82, 2.24) is 20.1 Å². The molecule has 0 radical (unpaired) electrons. The number of aliphatic hydroxyl groups is 1. The van der Waals surface area contributed by atoms with Gasteiger partial charge in [-0.1, -0.05) is 38.1 Å². The number of aliphatic hydroxyl groups excluding tert-OH is 1. The molecule has 2 aromatic rings. The Hall–Kier alpha value is -2.77. The summed E-state index contributed by atoms with van der Waals surface area (Å²) < 4.78 is 0. The third-order valence-corrected chi connectivity index (χ3v) is 7.30. The fraction of sp³-hybridized carbons (Fsp3) is 0.552. The number of likely N-dealkylation sites (tertiary alicyclic amines) is 1. The molecule has 0 unspecified atom stereocenters. The van der Waals surface area contributed by atoms with Crippen LogP contribution in [0.5, 0.6) is 0 Å². The number of aromatic nitrogens is 1. The van der Waals surface area contributed by atoms with Crippen molar-refractivity contribution < 1.29 is 14.7 Å². The van der Waals surface area contributed by atoms with Crippen molar-refractivity contribution in [3.63, 3.8) is 0 Å². The smallest absolute Gasteiger partial charge is 0.251 e. The molecule has 2 aliphatic heterocycles. The van der Waals surface area contributed by atoms with Gasteiger partial charge in [0.05, 0.1) is 6.10 Å². The third kappa shape index (κ3) is 7.37. The highest BCUT2D eigenvalue weighted by molar-refractivity contribution is 5.94. The van der Waals surface area contributed by atoms with E-state index in [2.05, 4.69) is 53.3 Å². The predicted molar refractivity (Wildman–Crippen MR) is 140 cm³/mol. The van der Waals surface area contributed by atoms with Gasteiger partial charge in [0.25, 0.3) is 5.91 Å². The quantitative estimate of drug-likeness (QED) is 0.562. The molecule has 2 aliphatic rings. The van der Waals surface area contributed by atoms with Gasteiger partial charge in [0.1, 0.15) is 0 Å². The summed E-state index contributed by atoms with van der Waals surface area (Å²) in [5.41, 5.74) is 4.18. The number of nitrogens with one attached hydrogen (secondary N) is 1. The molecule has 0 saturated carbocycles. The van der Waals surface area contributed by atoms with Gasteiger partial charge in [-0.15, -0.1) is 0 Å². The average Bonchev–Trinajstić information content (AvgIpc) is 2.87. The van der Waals surface area contributed by atoms with Crippen LogP contribution in [-0.2, 0) is 24.2 Å². The Bertz CT molecular complexity index is 1030. The molecule has 7 heteroatoms. The fourth-order valence-corrected chi connectivity index (χ4v) is 5.28. The van der Waals surface area contributed by atoms with Crippen molar-refractivity contribution in [3.8, 4) is 0 Å². The summed E-state index contributed by atoms with van der Waals surface area (Å²) in [7, 11) is 0. The summed E-state index contributed by atoms with van der Waals surface area (Å²) in [5, 5.41) is 13.4. The van der Waals surface area contributed by atoms with E-state index in [1.54, 1.807) is 12.3 Å². The van der Waals surface area contributed by atoms with Gasteiger partial charge in [-0.3, -0.25) is 19.5 Å². The van der Waals surface area contributed by atoms with Crippen molar-refractivity contribution in [2.45, 2.75) is 58.6 Å². The first-order chi connectivity index (χ1) is 17.4. The van der Waals surface area contributed by atoms with Gasteiger partial charge in [-0.25, -0.2) is 0 Å². The van der Waals surface area contributed by atoms with Crippen molar-refractivity contribution in [2.75, 3.05) is 32.7 Å². The maximum Gasteiger partial charge on any atom is 0.251 e. The number of hydrogen-bond donors (Lipinski definition) is 2. The minimum absolute atomic E-state index is 0.184. The maximum absolute atomic E-state index is 12.7. The molecule has 0 bridgehead atoms. The predicted octanol–water partition coefficient (Wildman–Crippen LogP) is 3.06. The van der Waals surface area contributed by atoms with Gasteiger partial charge in [0.2, 0.25) is 5.91 Å². The van der Waals surface area contributed by atoms with Gasteiger partial charge < -0.3 is 15.3 Å². The first-order valence-corrected chi connectivity index (χ1v) is 13.4. The van der Waals surface area contributed by atoms with Crippen LogP contribution in [0.1, 0.15) is 60.3 Å². The Morgan fingerprint density at radius 3 is 2.61 bits per heavy atom. The maximum atomic E-state index is 12.7. The summed E-state index contributed by atoms with van der Waals surface area (Å²) in [4.78, 5) is 33.8. The number of β-amino-alcohol motifs (C(OH)–C–C–N with tert-alkyl or cyclic N) is 1. The van der Waals surface area contributed by atoms with E-state index >= 15 is 0 Å². The SMILES string of the molecule is CC(C)CC(=O)N1CCC(Cc2cc(C(=O)NC[C@H](O)CN3CCc4ccccc4C3)ccn2)CC1. The third-order valence-electron chi connectivity index (χ3n) is 7.30. The van der Waals surface area contributed by atoms with Crippen LogP contribution < -0.4 is 5.32 Å². The van der Waals surface area contributed by atoms with Gasteiger partial charge >= 0.3 is 0 Å². The summed E-state index contributed by atoms with van der Waals surface area (Å²) in [6.07, 6.45) is 5.42. The second-order valence-electron chi connectivity index (χ2n) is 10.8. The lowest BCUT2D eigenvalue weighted by Crippen LogP contribution is -2.42. The highest BCUT2D eigenvalue weighted by Crippen LogP contribution is 2.22. The normalized spacial score (nSPS) is 17.6. The molecule has 2 amide bonds. The van der Waals surface area contributed by atoms with Crippen LogP contribution in [0.25, 0.3) is 0 Å². The van der Waals surface area contributed by atoms with Crippen molar-refractivity contribution in [2.24, 2.45) is 11.8 Å². The molecule has 194 valence electrons. The first-order valence-electron chi connectivity index (χ1n) is 13.4. The van der Waals surface area contributed by atoms with Crippen LogP contribution in [0.3, 0.4) is 0 Å². The number of amides is 2. The first kappa shape index (κ1) is 26.3. The Balaban J connectivity index is 1.21. The molecular weight excluding hydrogens is 452 g/mol. The molecule has 1 saturated heterocycles. The molecule has 1 aromatic carbocycles. The fourth-order valence-electron chi connectivity index (χ4n) is 5.28. The molecule has 36 heavy (non-hydrogen) atoms. The minimum Gasteiger partial charge on any atom is -0.390 e. The number of hydrogen-bond acceptors (Lipinski definition) is 5. The molecule has 7 nitrogen and oxygen atoms in total. The van der Waals surface area contributed by atoms with E-state index in [1.807, 2.05) is 11.0 Å². The second-order valence-corrected chi connectivity index (χ2v) is 10.8. The largest absolute Gasteiger partial charge is 0.390 e. The minimum atomic E-state index is -0.621. The number of fused-ring (bicyclic) bond motifs is 1. The highest BCUT2D eigenvalue weighted by Gasteiger charge is 2.24. The van der Waals surface area contributed by atoms with Crippen LogP contribution in [0.4, 0.5) is 0 Å². The van der Waals surface area contributed by atoms with Crippen molar-refractivity contribution in [1.29, 1.82) is 0 Å². The Morgan fingerprint density at radius 1 is 1.11 bits per heavy atom. The molecule has 0 spiro atoms. The topological polar surface area (TPSA) is 85.8 Å². The monoisotopic (exact) mass is 492 g/mol. The molecule has 1 fully saturated rings. The summed E-state index contributed by atoms with van der Waals surface area (Å²) in [5.74, 6) is 0.926. The van der Waals surface area contributed by atoms with E-state index in [-0.39, 0.29) is 18.4 Å². The zero-order valence-electron chi connectivity index (χ0n) is 21.7. The van der Waals surface area contributed by atoms with Gasteiger partial charge in [0.15, 0.2) is 0 Å². The highest BCUT2D eigenvalue weighted by atomic mass is 16.3. The lowest BCUT2D eigenvalue weighted by molar-refractivity contribution is -0.133. The number of piperidine rings is 1. The standard InChI is InChI=1S/C29H40N4O3/c1-21(2)15-28(35)33-13-8-22(9-14-33)16-26-17-24(7-11-30-26)29(36)31-18-27(34)20-32-12-10-23-5-3-4-6-25(23)19-32/h3-7,11,17,21-22,27,34H,8-10,12-16,18-20H2,1-2H3,(H,31,36)/t27-/m0/s1. The van der Waals surface area contributed by atoms with E-state index in [0.29, 0.717) is 30.4 Å². The van der Waals surface area contributed by atoms with E-state index in [9.17, 15) is 14.7 Å². The van der Waals surface area contributed by atoms with Crippen LogP contribution in [-0.4, -0.2) is 70.5 Å². The summed E-state index contributed by atoms with van der Waals surface area (Å²) in [6.45, 7) is 8.27. The van der Waals surface area contributed by atoms with Crippen LogP contribution in [0, 0.1) is 11.8 Å². The van der Waals surface area contributed by atoms with E-state index < -0.39 is 6.10 Å². The Labute approximate surface area is 214 Å². The summed E-state index contributed by atoms with van der Waals surface area (Å²) in [6, 6.07) is 12.0. The molecule has 1 atom stereocenters. The molecule has 1 aromatic heterocycles. The number of nitrogens with zero attached hydrogens (tertiary/aromatic N) is 3. The molecule has 3 heterocycles. The average molecular weight is 493 g/mol. The van der Waals surface area contributed by atoms with Crippen LogP contribution in [0.15, 0.2) is 42.6 Å². The van der Waals surface area contributed by atoms with E-state index in [1.165, 1.54) is 11.1 Å². The Morgan fingerprint density at radius 2 is 1.86 bits per heavy atom. The number of carbonyl (C=O) groups excluding carboxylic acids is 2. The zero-order chi connectivity index (χ0) is 25.5. The van der Waals surface area contributed by atoms with Crippen LogP contribution in [0.2, 0.25) is 0 Å². The van der Waals surface area contributed by atoms with Crippen molar-refractivity contribution in [3.05, 3.63) is 65.0 Å². The second kappa shape index (κ2) is 12.5. The lowest BCUT2D eigenvalue weighted by Gasteiger charge is -2.32. The Kier molecular flexibility index (Phi) is 9.10. The number of pyridine rings is 1. The molecule has 0 aliphatic carbocycles. The lowest BCUT2D eigenvalue weighted by atomic mass is 9.91. The van der Waals surface area contributed by atoms with E-state index in [4.69, 9.17) is 0 Å². The van der Waals surface area contributed by atoms with Gasteiger partial charge in [0, 0.05) is 63.1 Å². The number of carbonyl (C=O) groups is 2. The van der Waals surface area contributed by atoms with Gasteiger partial charge in [-0.05, 0) is 60.8 Å². The van der Waals surface area contributed by atoms with E-state index in [0.717, 1.165) is 57.6 Å². The number of benzene rings is 1. The molecule has 4 rings (SSSR count).